The molecule has 1 saturated heterocycles. The summed E-state index contributed by atoms with van der Waals surface area (Å²) in [5, 5.41) is 4.05. The number of anilines is 1. The number of aromatic nitrogens is 2. The van der Waals surface area contributed by atoms with Crippen molar-refractivity contribution in [1.82, 2.24) is 15.0 Å². The third-order valence-electron chi connectivity index (χ3n) is 5.34. The second-order valence-electron chi connectivity index (χ2n) is 7.82. The fourth-order valence-electron chi connectivity index (χ4n) is 3.47. The molecule has 0 amide bonds. The second-order valence-corrected chi connectivity index (χ2v) is 8.69. The van der Waals surface area contributed by atoms with E-state index in [-0.39, 0.29) is 11.7 Å². The van der Waals surface area contributed by atoms with E-state index in [1.807, 2.05) is 18.4 Å². The van der Waals surface area contributed by atoms with E-state index in [0.717, 1.165) is 43.9 Å². The van der Waals surface area contributed by atoms with Gasteiger partial charge in [0.05, 0.1) is 0 Å². The monoisotopic (exact) mass is 422 g/mol. The molecule has 1 aromatic carbocycles. The Morgan fingerprint density at radius 1 is 1.34 bits per heavy atom. The van der Waals surface area contributed by atoms with E-state index in [1.165, 1.54) is 6.07 Å². The van der Waals surface area contributed by atoms with Gasteiger partial charge in [0.15, 0.2) is 5.82 Å². The standard InChI is InChI=1S/C21H31FN4O2S/c1-15(2)20-23-21(28-24-20)26-9-7-17(8-10-26)25(3)11-12-27-18-6-5-16(14-29-4)19(22)13-18/h5-6,13,15,17H,7-12,14H2,1-4H3. The summed E-state index contributed by atoms with van der Waals surface area (Å²) in [6, 6.07) is 6.26. The Morgan fingerprint density at radius 3 is 2.72 bits per heavy atom. The number of hydrogen-bond acceptors (Lipinski definition) is 7. The third-order valence-corrected chi connectivity index (χ3v) is 5.94. The molecule has 1 fully saturated rings. The van der Waals surface area contributed by atoms with Gasteiger partial charge < -0.3 is 14.2 Å². The quantitative estimate of drug-likeness (QED) is 0.601. The number of piperidine rings is 1. The number of likely N-dealkylation sites (N-methyl/N-ethyl adjacent to an activating group) is 1. The van der Waals surface area contributed by atoms with Gasteiger partial charge in [0.1, 0.15) is 18.2 Å². The van der Waals surface area contributed by atoms with Gasteiger partial charge in [-0.25, -0.2) is 4.39 Å². The van der Waals surface area contributed by atoms with Crippen LogP contribution in [0.15, 0.2) is 22.7 Å². The molecule has 0 atom stereocenters. The van der Waals surface area contributed by atoms with E-state index in [1.54, 1.807) is 11.8 Å². The number of ether oxygens (including phenoxy) is 1. The summed E-state index contributed by atoms with van der Waals surface area (Å²) in [6.07, 6.45) is 4.04. The zero-order chi connectivity index (χ0) is 20.8. The van der Waals surface area contributed by atoms with Crippen molar-refractivity contribution in [2.45, 2.75) is 44.4 Å². The lowest BCUT2D eigenvalue weighted by Gasteiger charge is -2.35. The van der Waals surface area contributed by atoms with Crippen LogP contribution in [0.1, 0.15) is 44.0 Å². The molecule has 2 heterocycles. The van der Waals surface area contributed by atoms with E-state index in [4.69, 9.17) is 9.26 Å². The predicted molar refractivity (Wildman–Crippen MR) is 115 cm³/mol. The fourth-order valence-corrected chi connectivity index (χ4v) is 4.01. The number of nitrogens with zero attached hydrogens (tertiary/aromatic N) is 4. The van der Waals surface area contributed by atoms with Crippen molar-refractivity contribution in [3.8, 4) is 5.75 Å². The van der Waals surface area contributed by atoms with Crippen LogP contribution in [0.5, 0.6) is 5.75 Å². The van der Waals surface area contributed by atoms with E-state index in [0.29, 0.717) is 30.2 Å². The van der Waals surface area contributed by atoms with Crippen LogP contribution in [-0.2, 0) is 5.75 Å². The minimum absolute atomic E-state index is 0.195. The van der Waals surface area contributed by atoms with Crippen LogP contribution in [0.25, 0.3) is 0 Å². The van der Waals surface area contributed by atoms with Crippen LogP contribution in [0.3, 0.4) is 0 Å². The van der Waals surface area contributed by atoms with E-state index in [2.05, 4.69) is 40.8 Å². The fraction of sp³-hybridized carbons (Fsp3) is 0.619. The van der Waals surface area contributed by atoms with Crippen LogP contribution in [0.2, 0.25) is 0 Å². The highest BCUT2D eigenvalue weighted by Gasteiger charge is 2.25. The molecule has 0 spiro atoms. The first-order chi connectivity index (χ1) is 14.0. The molecule has 0 unspecified atom stereocenters. The highest BCUT2D eigenvalue weighted by Crippen LogP contribution is 2.23. The Kier molecular flexibility index (Phi) is 7.77. The zero-order valence-electron chi connectivity index (χ0n) is 17.7. The molecule has 1 aliphatic rings. The number of benzene rings is 1. The molecule has 0 N–H and O–H groups in total. The van der Waals surface area contributed by atoms with Gasteiger partial charge in [-0.15, -0.1) is 0 Å². The van der Waals surface area contributed by atoms with Crippen molar-refractivity contribution in [2.24, 2.45) is 0 Å². The van der Waals surface area contributed by atoms with Crippen LogP contribution in [-0.4, -0.2) is 60.6 Å². The molecule has 1 aromatic heterocycles. The summed E-state index contributed by atoms with van der Waals surface area (Å²) in [7, 11) is 2.12. The van der Waals surface area contributed by atoms with E-state index < -0.39 is 0 Å². The van der Waals surface area contributed by atoms with E-state index >= 15 is 0 Å². The molecule has 1 aliphatic heterocycles. The molecular weight excluding hydrogens is 391 g/mol. The van der Waals surface area contributed by atoms with Crippen molar-refractivity contribution >= 4 is 17.8 Å². The normalized spacial score (nSPS) is 15.5. The molecule has 0 radical (unpaired) electrons. The third kappa shape index (κ3) is 5.85. The molecular formula is C21H31FN4O2S. The Hall–Kier alpha value is -1.80. The zero-order valence-corrected chi connectivity index (χ0v) is 18.5. The minimum atomic E-state index is -0.195. The minimum Gasteiger partial charge on any atom is -0.492 e. The van der Waals surface area contributed by atoms with Crippen molar-refractivity contribution in [1.29, 1.82) is 0 Å². The molecule has 0 aliphatic carbocycles. The maximum absolute atomic E-state index is 14.0. The van der Waals surface area contributed by atoms with E-state index in [9.17, 15) is 4.39 Å². The van der Waals surface area contributed by atoms with Crippen molar-refractivity contribution in [3.05, 3.63) is 35.4 Å². The molecule has 8 heteroatoms. The maximum Gasteiger partial charge on any atom is 0.324 e. The van der Waals surface area contributed by atoms with Gasteiger partial charge in [-0.3, -0.25) is 4.90 Å². The summed E-state index contributed by atoms with van der Waals surface area (Å²) >= 11 is 1.61. The maximum atomic E-state index is 14.0. The van der Waals surface area contributed by atoms with Gasteiger partial charge in [0.2, 0.25) is 0 Å². The summed E-state index contributed by atoms with van der Waals surface area (Å²) in [5.74, 6) is 2.10. The Balaban J connectivity index is 1.41. The highest BCUT2D eigenvalue weighted by atomic mass is 32.2. The average Bonchev–Trinajstić information content (AvgIpc) is 3.21. The molecule has 2 aromatic rings. The number of halogens is 1. The van der Waals surface area contributed by atoms with Crippen molar-refractivity contribution in [2.75, 3.05) is 44.4 Å². The van der Waals surface area contributed by atoms with Gasteiger partial charge in [-0.05, 0) is 37.8 Å². The first-order valence-electron chi connectivity index (χ1n) is 10.2. The molecule has 0 saturated carbocycles. The second kappa shape index (κ2) is 10.3. The molecule has 29 heavy (non-hydrogen) atoms. The van der Waals surface area contributed by atoms with Crippen molar-refractivity contribution < 1.29 is 13.7 Å². The highest BCUT2D eigenvalue weighted by molar-refractivity contribution is 7.97. The summed E-state index contributed by atoms with van der Waals surface area (Å²) in [5.41, 5.74) is 0.718. The lowest BCUT2D eigenvalue weighted by Crippen LogP contribution is -2.44. The van der Waals surface area contributed by atoms with Gasteiger partial charge in [0, 0.05) is 43.4 Å². The SMILES string of the molecule is CSCc1ccc(OCCN(C)C2CCN(c3nc(C(C)C)no3)CC2)cc1F. The molecule has 3 rings (SSSR count). The molecule has 6 nitrogen and oxygen atoms in total. The number of rotatable bonds is 9. The summed E-state index contributed by atoms with van der Waals surface area (Å²) in [4.78, 5) is 8.98. The van der Waals surface area contributed by atoms with Crippen LogP contribution in [0, 0.1) is 5.82 Å². The number of hydrogen-bond donors (Lipinski definition) is 0. The van der Waals surface area contributed by atoms with Crippen LogP contribution >= 0.6 is 11.8 Å². The van der Waals surface area contributed by atoms with Gasteiger partial charge in [0.25, 0.3) is 0 Å². The largest absolute Gasteiger partial charge is 0.492 e. The lowest BCUT2D eigenvalue weighted by atomic mass is 10.0. The Morgan fingerprint density at radius 2 is 2.10 bits per heavy atom. The Bertz CT molecular complexity index is 778. The summed E-state index contributed by atoms with van der Waals surface area (Å²) < 4.78 is 25.2. The Labute approximate surface area is 176 Å². The van der Waals surface area contributed by atoms with Gasteiger partial charge in [-0.2, -0.15) is 16.7 Å². The van der Waals surface area contributed by atoms with Gasteiger partial charge >= 0.3 is 6.01 Å². The van der Waals surface area contributed by atoms with Crippen LogP contribution < -0.4 is 9.64 Å². The number of thioether (sulfide) groups is 1. The predicted octanol–water partition coefficient (Wildman–Crippen LogP) is 4.17. The molecule has 0 bridgehead atoms. The average molecular weight is 423 g/mol. The lowest BCUT2D eigenvalue weighted by molar-refractivity contribution is 0.169. The van der Waals surface area contributed by atoms with Crippen LogP contribution in [0.4, 0.5) is 10.4 Å². The first-order valence-corrected chi connectivity index (χ1v) is 11.6. The van der Waals surface area contributed by atoms with Gasteiger partial charge in [-0.1, -0.05) is 25.1 Å². The van der Waals surface area contributed by atoms with Crippen molar-refractivity contribution in [3.63, 3.8) is 0 Å². The molecule has 160 valence electrons. The topological polar surface area (TPSA) is 54.6 Å². The summed E-state index contributed by atoms with van der Waals surface area (Å²) in [6.45, 7) is 7.27. The first kappa shape index (κ1) is 21.9. The smallest absolute Gasteiger partial charge is 0.324 e.